The molecule has 0 bridgehead atoms. The van der Waals surface area contributed by atoms with Gasteiger partial charge >= 0.3 is 6.03 Å². The van der Waals surface area contributed by atoms with E-state index in [2.05, 4.69) is 54.4 Å². The highest BCUT2D eigenvalue weighted by Gasteiger charge is 2.27. The van der Waals surface area contributed by atoms with Gasteiger partial charge in [-0.05, 0) is 36.7 Å². The predicted octanol–water partition coefficient (Wildman–Crippen LogP) is 3.34. The number of benzene rings is 1. The first-order valence-corrected chi connectivity index (χ1v) is 9.42. The van der Waals surface area contributed by atoms with Gasteiger partial charge in [0.25, 0.3) is 0 Å². The van der Waals surface area contributed by atoms with Gasteiger partial charge in [0.1, 0.15) is 0 Å². The third-order valence-corrected chi connectivity index (χ3v) is 5.32. The molecular formula is C20H31N3O. The summed E-state index contributed by atoms with van der Waals surface area (Å²) in [5.74, 6) is 1.24. The maximum absolute atomic E-state index is 12.5. The lowest BCUT2D eigenvalue weighted by Crippen LogP contribution is -2.52. The average Bonchev–Trinajstić information content (AvgIpc) is 2.57. The first-order chi connectivity index (χ1) is 11.6. The molecule has 0 aromatic heterocycles. The Bertz CT molecular complexity index is 515. The molecule has 2 amide bonds. The molecule has 2 aliphatic heterocycles. The number of carbonyl (C=O) groups excluding carboxylic acids is 1. The van der Waals surface area contributed by atoms with Crippen LogP contribution in [0.15, 0.2) is 30.3 Å². The monoisotopic (exact) mass is 329 g/mol. The Labute approximate surface area is 146 Å². The zero-order valence-corrected chi connectivity index (χ0v) is 15.1. The van der Waals surface area contributed by atoms with Crippen molar-refractivity contribution >= 4 is 6.03 Å². The molecule has 4 nitrogen and oxygen atoms in total. The van der Waals surface area contributed by atoms with Gasteiger partial charge in [-0.1, -0.05) is 44.2 Å². The summed E-state index contributed by atoms with van der Waals surface area (Å²) in [6.45, 7) is 9.45. The van der Waals surface area contributed by atoms with E-state index in [4.69, 9.17) is 0 Å². The molecular weight excluding hydrogens is 298 g/mol. The smallest absolute Gasteiger partial charge is 0.317 e. The van der Waals surface area contributed by atoms with Gasteiger partial charge in [0.05, 0.1) is 0 Å². The number of hydrogen-bond acceptors (Lipinski definition) is 2. The van der Waals surface area contributed by atoms with Crippen molar-refractivity contribution < 1.29 is 4.79 Å². The fourth-order valence-corrected chi connectivity index (χ4v) is 4.17. The molecule has 0 saturated carbocycles. The van der Waals surface area contributed by atoms with Gasteiger partial charge < -0.3 is 10.2 Å². The number of urea groups is 1. The van der Waals surface area contributed by atoms with Crippen molar-refractivity contribution in [3.63, 3.8) is 0 Å². The topological polar surface area (TPSA) is 35.6 Å². The van der Waals surface area contributed by atoms with Crippen molar-refractivity contribution in [3.05, 3.63) is 35.9 Å². The number of amides is 2. The minimum Gasteiger partial charge on any atom is -0.335 e. The van der Waals surface area contributed by atoms with E-state index < -0.39 is 0 Å². The van der Waals surface area contributed by atoms with Crippen LogP contribution in [0.4, 0.5) is 4.79 Å². The third kappa shape index (κ3) is 4.73. The van der Waals surface area contributed by atoms with E-state index in [9.17, 15) is 4.79 Å². The van der Waals surface area contributed by atoms with Crippen molar-refractivity contribution in [2.75, 3.05) is 26.2 Å². The number of rotatable bonds is 3. The van der Waals surface area contributed by atoms with Gasteiger partial charge in [0, 0.05) is 38.8 Å². The number of likely N-dealkylation sites (tertiary alicyclic amines) is 2. The summed E-state index contributed by atoms with van der Waals surface area (Å²) in [4.78, 5) is 17.0. The molecule has 1 N–H and O–H groups in total. The normalized spacial score (nSPS) is 26.3. The van der Waals surface area contributed by atoms with Crippen LogP contribution in [0, 0.1) is 11.8 Å². The van der Waals surface area contributed by atoms with Gasteiger partial charge in [-0.2, -0.15) is 0 Å². The van der Waals surface area contributed by atoms with Crippen LogP contribution >= 0.6 is 0 Å². The van der Waals surface area contributed by atoms with Gasteiger partial charge in [0.15, 0.2) is 0 Å². The van der Waals surface area contributed by atoms with Gasteiger partial charge in [-0.25, -0.2) is 4.79 Å². The predicted molar refractivity (Wildman–Crippen MR) is 97.8 cm³/mol. The standard InChI is InChI=1S/C20H31N3O/c1-16-12-17(2)14-23(13-16)20(24)21-19-8-10-22(11-9-19)15-18-6-4-3-5-7-18/h3-7,16-17,19H,8-15H2,1-2H3,(H,21,24)/t16-,17+. The van der Waals surface area contributed by atoms with E-state index >= 15 is 0 Å². The van der Waals surface area contributed by atoms with Gasteiger partial charge in [-0.15, -0.1) is 0 Å². The summed E-state index contributed by atoms with van der Waals surface area (Å²) >= 11 is 0. The van der Waals surface area contributed by atoms with Crippen LogP contribution in [0.25, 0.3) is 0 Å². The van der Waals surface area contributed by atoms with Crippen LogP contribution in [-0.2, 0) is 6.54 Å². The Morgan fingerprint density at radius 1 is 1.08 bits per heavy atom. The Balaban J connectivity index is 1.42. The van der Waals surface area contributed by atoms with E-state index in [0.29, 0.717) is 17.9 Å². The van der Waals surface area contributed by atoms with Crippen LogP contribution < -0.4 is 5.32 Å². The maximum Gasteiger partial charge on any atom is 0.317 e. The molecule has 2 fully saturated rings. The molecule has 2 saturated heterocycles. The molecule has 1 aromatic carbocycles. The SMILES string of the molecule is C[C@@H]1C[C@H](C)CN(C(=O)NC2CCN(Cc3ccccc3)CC2)C1. The van der Waals surface area contributed by atoms with Crippen molar-refractivity contribution in [2.24, 2.45) is 11.8 Å². The zero-order valence-electron chi connectivity index (χ0n) is 15.1. The molecule has 0 radical (unpaired) electrons. The largest absolute Gasteiger partial charge is 0.335 e. The highest BCUT2D eigenvalue weighted by Crippen LogP contribution is 2.21. The summed E-state index contributed by atoms with van der Waals surface area (Å²) in [5, 5.41) is 3.27. The third-order valence-electron chi connectivity index (χ3n) is 5.32. The first-order valence-electron chi connectivity index (χ1n) is 9.42. The highest BCUT2D eigenvalue weighted by molar-refractivity contribution is 5.74. The zero-order chi connectivity index (χ0) is 16.9. The van der Waals surface area contributed by atoms with E-state index in [1.54, 1.807) is 0 Å². The molecule has 1 aromatic rings. The van der Waals surface area contributed by atoms with Crippen molar-refractivity contribution in [3.8, 4) is 0 Å². The molecule has 2 atom stereocenters. The molecule has 0 spiro atoms. The number of nitrogens with one attached hydrogen (secondary N) is 1. The summed E-state index contributed by atoms with van der Waals surface area (Å²) < 4.78 is 0. The number of piperidine rings is 2. The minimum atomic E-state index is 0.148. The lowest BCUT2D eigenvalue weighted by molar-refractivity contribution is 0.135. The lowest BCUT2D eigenvalue weighted by Gasteiger charge is -2.37. The summed E-state index contributed by atoms with van der Waals surface area (Å²) in [5.41, 5.74) is 1.37. The fourth-order valence-electron chi connectivity index (χ4n) is 4.17. The Kier molecular flexibility index (Phi) is 5.77. The second-order valence-corrected chi connectivity index (χ2v) is 7.84. The number of carbonyl (C=O) groups is 1. The second kappa shape index (κ2) is 8.02. The summed E-state index contributed by atoms with van der Waals surface area (Å²) in [6.07, 6.45) is 3.34. The molecule has 2 aliphatic rings. The molecule has 3 rings (SSSR count). The van der Waals surface area contributed by atoms with E-state index in [1.165, 1.54) is 12.0 Å². The van der Waals surface area contributed by atoms with Crippen LogP contribution in [0.5, 0.6) is 0 Å². The van der Waals surface area contributed by atoms with Crippen molar-refractivity contribution in [2.45, 2.75) is 45.7 Å². The van der Waals surface area contributed by atoms with E-state index in [0.717, 1.165) is 45.6 Å². The molecule has 24 heavy (non-hydrogen) atoms. The molecule has 0 aliphatic carbocycles. The van der Waals surface area contributed by atoms with Gasteiger partial charge in [-0.3, -0.25) is 4.90 Å². The highest BCUT2D eigenvalue weighted by atomic mass is 16.2. The maximum atomic E-state index is 12.5. The fraction of sp³-hybridized carbons (Fsp3) is 0.650. The number of nitrogens with zero attached hydrogens (tertiary/aromatic N) is 2. The molecule has 132 valence electrons. The Morgan fingerprint density at radius 2 is 1.71 bits per heavy atom. The average molecular weight is 329 g/mol. The number of hydrogen-bond donors (Lipinski definition) is 1. The summed E-state index contributed by atoms with van der Waals surface area (Å²) in [7, 11) is 0. The minimum absolute atomic E-state index is 0.148. The quantitative estimate of drug-likeness (QED) is 0.923. The molecule has 4 heteroatoms. The van der Waals surface area contributed by atoms with Crippen LogP contribution in [0.3, 0.4) is 0 Å². The van der Waals surface area contributed by atoms with Crippen molar-refractivity contribution in [1.82, 2.24) is 15.1 Å². The van der Waals surface area contributed by atoms with Crippen molar-refractivity contribution in [1.29, 1.82) is 0 Å². The molecule has 2 heterocycles. The van der Waals surface area contributed by atoms with E-state index in [-0.39, 0.29) is 6.03 Å². The van der Waals surface area contributed by atoms with Gasteiger partial charge in [0.2, 0.25) is 0 Å². The second-order valence-electron chi connectivity index (χ2n) is 7.84. The van der Waals surface area contributed by atoms with Crippen LogP contribution in [0.1, 0.15) is 38.7 Å². The van der Waals surface area contributed by atoms with E-state index in [1.807, 2.05) is 4.90 Å². The lowest BCUT2D eigenvalue weighted by atomic mass is 9.92. The first kappa shape index (κ1) is 17.3. The Hall–Kier alpha value is -1.55. The van der Waals surface area contributed by atoms with Crippen LogP contribution in [0.2, 0.25) is 0 Å². The van der Waals surface area contributed by atoms with Crippen LogP contribution in [-0.4, -0.2) is 48.1 Å². The molecule has 0 unspecified atom stereocenters. The summed E-state index contributed by atoms with van der Waals surface area (Å²) in [6, 6.07) is 11.1. The Morgan fingerprint density at radius 3 is 2.33 bits per heavy atom.